The number of aromatic nitrogens is 1. The van der Waals surface area contributed by atoms with Gasteiger partial charge in [-0.3, -0.25) is 4.79 Å². The molecule has 9 N–H and O–H groups in total. The zero-order valence-electron chi connectivity index (χ0n) is 32.7. The molecule has 1 aromatic heterocycles. The Balaban J connectivity index is 1.18. The van der Waals surface area contributed by atoms with Crippen molar-refractivity contribution in [2.24, 2.45) is 35.3 Å². The molecule has 0 bridgehead atoms. The summed E-state index contributed by atoms with van der Waals surface area (Å²) < 4.78 is 0. The Kier molecular flexibility index (Phi) is 15.3. The molecule has 0 radical (unpaired) electrons. The molecule has 5 rings (SSSR count). The van der Waals surface area contributed by atoms with Crippen LogP contribution in [0.15, 0.2) is 66.0 Å². The summed E-state index contributed by atoms with van der Waals surface area (Å²) >= 11 is 0. The minimum Gasteiger partial charge on any atom is -0.508 e. The van der Waals surface area contributed by atoms with Gasteiger partial charge in [-0.15, -0.1) is 0 Å². The van der Waals surface area contributed by atoms with Crippen LogP contribution in [0.4, 0.5) is 0 Å². The van der Waals surface area contributed by atoms with Crippen molar-refractivity contribution < 1.29 is 30.3 Å². The van der Waals surface area contributed by atoms with Crippen LogP contribution in [-0.4, -0.2) is 60.8 Å². The molecular weight excluding hydrogens is 679 g/mol. The van der Waals surface area contributed by atoms with Gasteiger partial charge in [0.05, 0.1) is 29.5 Å². The van der Waals surface area contributed by atoms with Crippen LogP contribution in [0.5, 0.6) is 5.75 Å². The van der Waals surface area contributed by atoms with Gasteiger partial charge in [0.15, 0.2) is 0 Å². The Bertz CT molecular complexity index is 1600. The molecule has 2 aromatic rings. The summed E-state index contributed by atoms with van der Waals surface area (Å²) in [6.45, 7) is 5.00. The maximum Gasteiger partial charge on any atom is 0.309 e. The van der Waals surface area contributed by atoms with Crippen molar-refractivity contribution in [2.45, 2.75) is 141 Å². The minimum absolute atomic E-state index is 0.0854. The first-order valence-corrected chi connectivity index (χ1v) is 20.9. The number of carboxylic acids is 1. The highest BCUT2D eigenvalue weighted by atomic mass is 16.4. The predicted molar refractivity (Wildman–Crippen MR) is 215 cm³/mol. The van der Waals surface area contributed by atoms with Crippen LogP contribution in [0, 0.1) is 29.6 Å². The number of aliphatic carboxylic acids is 1. The molecule has 0 saturated heterocycles. The number of aliphatic hydroxyl groups excluding tert-OH is 2. The minimum atomic E-state index is -1.07. The molecule has 9 nitrogen and oxygen atoms in total. The molecule has 0 unspecified atom stereocenters. The molecule has 2 aliphatic carbocycles. The number of aromatic amines is 1. The Labute approximate surface area is 322 Å². The number of aromatic hydroxyl groups is 1. The summed E-state index contributed by atoms with van der Waals surface area (Å²) in [6, 6.07) is 9.39. The monoisotopic (exact) mass is 746 g/mol. The fourth-order valence-corrected chi connectivity index (χ4v) is 9.48. The van der Waals surface area contributed by atoms with Crippen LogP contribution in [0.3, 0.4) is 0 Å². The number of rotatable bonds is 21. The summed E-state index contributed by atoms with van der Waals surface area (Å²) in [5.74, 6) is -0.256. The van der Waals surface area contributed by atoms with E-state index in [0.29, 0.717) is 50.4 Å². The average molecular weight is 746 g/mol. The van der Waals surface area contributed by atoms with E-state index in [-0.39, 0.29) is 36.0 Å². The zero-order valence-corrected chi connectivity index (χ0v) is 32.7. The number of phenolic OH excluding ortho intramolecular Hbond substituents is 1. The van der Waals surface area contributed by atoms with Crippen molar-refractivity contribution in [2.75, 3.05) is 6.54 Å². The second-order valence-electron chi connectivity index (χ2n) is 16.7. The summed E-state index contributed by atoms with van der Waals surface area (Å²) in [5, 5.41) is 57.8. The van der Waals surface area contributed by atoms with E-state index in [1.165, 1.54) is 19.3 Å². The second kappa shape index (κ2) is 19.9. The average Bonchev–Trinajstić information content (AvgIpc) is 3.69. The number of aryl methyl sites for hydroxylation is 1. The first-order chi connectivity index (χ1) is 26.0. The lowest BCUT2D eigenvalue weighted by Crippen LogP contribution is -2.37. The third kappa shape index (κ3) is 11.5. The first-order valence-electron chi connectivity index (χ1n) is 20.9. The summed E-state index contributed by atoms with van der Waals surface area (Å²) in [6.07, 6.45) is 20.8. The number of phenols is 1. The van der Waals surface area contributed by atoms with Crippen molar-refractivity contribution >= 4 is 5.97 Å². The van der Waals surface area contributed by atoms with E-state index in [1.54, 1.807) is 12.1 Å². The van der Waals surface area contributed by atoms with Crippen LogP contribution < -0.4 is 11.1 Å². The van der Waals surface area contributed by atoms with E-state index in [9.17, 15) is 30.3 Å². The van der Waals surface area contributed by atoms with E-state index in [1.807, 2.05) is 18.2 Å². The Hall–Kier alpha value is -3.53. The van der Waals surface area contributed by atoms with Gasteiger partial charge in [0.1, 0.15) is 5.75 Å². The maximum atomic E-state index is 12.4. The number of carbonyl (C=O) groups is 1. The molecule has 1 aliphatic heterocycles. The van der Waals surface area contributed by atoms with Gasteiger partial charge >= 0.3 is 5.97 Å². The Morgan fingerprint density at radius 2 is 1.83 bits per heavy atom. The molecule has 298 valence electrons. The fourth-order valence-electron chi connectivity index (χ4n) is 9.48. The van der Waals surface area contributed by atoms with E-state index < -0.39 is 23.6 Å². The number of hydrogen-bond acceptors (Lipinski definition) is 7. The summed E-state index contributed by atoms with van der Waals surface area (Å²) in [7, 11) is 0. The van der Waals surface area contributed by atoms with Crippen LogP contribution in [0.2, 0.25) is 0 Å². The van der Waals surface area contributed by atoms with Gasteiger partial charge in [-0.25, -0.2) is 0 Å². The van der Waals surface area contributed by atoms with Crippen molar-refractivity contribution in [1.82, 2.24) is 10.3 Å². The highest BCUT2D eigenvalue weighted by molar-refractivity contribution is 5.70. The molecule has 3 aliphatic rings. The van der Waals surface area contributed by atoms with E-state index >= 15 is 0 Å². The standard InChI is InChI=1S/C45H67N3O6/c1-3-5-7-11-30-16-17-34(41(51)24-30)12-8-6-9-15-39(44(52)53)40(50)18-20-45(54)29-32(22-31-19-21-47-42(46)25-31)23-36(45)28-37-26-33(4-2)43(48-37)35-13-10-14-38(49)27-35/h10,13-14,16-17,19,25-27,30,32,34,36,39-41,47-51,54H,3-9,11-12,15,18,20-24,28-29,46H2,1-2H3,(H,52,53)/t30-,32+,34-,36-,39-,40+,41+,45-/m0/s1. The normalized spacial score (nSPS) is 26.6. The molecule has 1 saturated carbocycles. The molecule has 9 heteroatoms. The van der Waals surface area contributed by atoms with Crippen LogP contribution in [0.1, 0.15) is 121 Å². The third-order valence-corrected chi connectivity index (χ3v) is 12.5. The lowest BCUT2D eigenvalue weighted by molar-refractivity contribution is -0.146. The molecule has 2 heterocycles. The van der Waals surface area contributed by atoms with Gasteiger partial charge in [-0.2, -0.15) is 0 Å². The Morgan fingerprint density at radius 1 is 1.02 bits per heavy atom. The molecule has 0 amide bonds. The van der Waals surface area contributed by atoms with Crippen molar-refractivity contribution in [3.05, 3.63) is 77.3 Å². The van der Waals surface area contributed by atoms with Gasteiger partial charge in [-0.05, 0) is 124 Å². The van der Waals surface area contributed by atoms with Crippen molar-refractivity contribution in [3.8, 4) is 17.0 Å². The first kappa shape index (κ1) is 41.6. The smallest absolute Gasteiger partial charge is 0.309 e. The number of unbranched alkanes of at least 4 members (excludes halogenated alkanes) is 4. The van der Waals surface area contributed by atoms with Crippen LogP contribution in [0.25, 0.3) is 11.3 Å². The fraction of sp³-hybridized carbons (Fsp3) is 0.622. The number of dihydropyridines is 1. The molecular formula is C45H67N3O6. The van der Waals surface area contributed by atoms with E-state index in [0.717, 1.165) is 79.5 Å². The highest BCUT2D eigenvalue weighted by Gasteiger charge is 2.46. The van der Waals surface area contributed by atoms with Crippen LogP contribution >= 0.6 is 0 Å². The van der Waals surface area contributed by atoms with E-state index in [2.05, 4.69) is 48.4 Å². The maximum absolute atomic E-state index is 12.4. The van der Waals surface area contributed by atoms with Gasteiger partial charge in [0, 0.05) is 29.4 Å². The highest BCUT2D eigenvalue weighted by Crippen LogP contribution is 2.47. The third-order valence-electron chi connectivity index (χ3n) is 12.5. The number of H-pyrrole nitrogens is 1. The molecule has 1 aromatic carbocycles. The SMILES string of the molecule is CCCCC[C@H]1C=C[C@H](CCCCC[C@H](C(=O)O)[C@H](O)CC[C@]2(O)C[C@H](CC3=CCNC(N)=C3)C[C@H]2Cc2cc(CC)c(-c3cccc(O)c3)[nH]2)[C@H](O)C1. The number of benzene rings is 1. The van der Waals surface area contributed by atoms with Gasteiger partial charge in [0.2, 0.25) is 0 Å². The molecule has 8 atom stereocenters. The summed E-state index contributed by atoms with van der Waals surface area (Å²) in [4.78, 5) is 16.0. The molecule has 54 heavy (non-hydrogen) atoms. The largest absolute Gasteiger partial charge is 0.508 e. The van der Waals surface area contributed by atoms with E-state index in [4.69, 9.17) is 5.73 Å². The second-order valence-corrected chi connectivity index (χ2v) is 16.7. The van der Waals surface area contributed by atoms with Crippen molar-refractivity contribution in [1.29, 1.82) is 0 Å². The number of hydrogen-bond donors (Lipinski definition) is 8. The topological polar surface area (TPSA) is 172 Å². The lowest BCUT2D eigenvalue weighted by Gasteiger charge is -2.32. The van der Waals surface area contributed by atoms with Crippen LogP contribution in [-0.2, 0) is 17.6 Å². The number of nitrogens with one attached hydrogen (secondary N) is 2. The van der Waals surface area contributed by atoms with Gasteiger partial charge in [-0.1, -0.05) is 82.7 Å². The number of carboxylic acid groups (broad SMARTS) is 1. The van der Waals surface area contributed by atoms with Gasteiger partial charge < -0.3 is 41.6 Å². The number of allylic oxidation sites excluding steroid dienone is 3. The lowest BCUT2D eigenvalue weighted by atomic mass is 9.80. The quantitative estimate of drug-likeness (QED) is 0.0471. The predicted octanol–water partition coefficient (Wildman–Crippen LogP) is 7.90. The number of nitrogens with two attached hydrogens (primary N) is 1. The van der Waals surface area contributed by atoms with Gasteiger partial charge in [0.25, 0.3) is 0 Å². The number of aliphatic hydroxyl groups is 3. The summed E-state index contributed by atoms with van der Waals surface area (Å²) in [5.41, 5.74) is 10.2. The molecule has 0 spiro atoms. The zero-order chi connectivity index (χ0) is 38.7. The van der Waals surface area contributed by atoms with Crippen molar-refractivity contribution in [3.63, 3.8) is 0 Å². The molecule has 1 fully saturated rings. The Morgan fingerprint density at radius 3 is 2.56 bits per heavy atom.